The predicted molar refractivity (Wildman–Crippen MR) is 107 cm³/mol. The molecule has 2 aromatic rings. The van der Waals surface area contributed by atoms with Gasteiger partial charge in [0, 0.05) is 12.6 Å². The van der Waals surface area contributed by atoms with Crippen LogP contribution < -0.4 is 4.74 Å². The first kappa shape index (κ1) is 19.7. The number of carbonyl (C=O) groups excluding carboxylic acids is 1. The first-order chi connectivity index (χ1) is 12.9. The van der Waals surface area contributed by atoms with Gasteiger partial charge in [-0.05, 0) is 36.6 Å². The van der Waals surface area contributed by atoms with Crippen molar-refractivity contribution >= 4 is 27.3 Å². The lowest BCUT2D eigenvalue weighted by Gasteiger charge is -2.26. The van der Waals surface area contributed by atoms with Gasteiger partial charge in [-0.3, -0.25) is 4.79 Å². The molecule has 0 N–H and O–H groups in total. The number of likely N-dealkylation sites (N-methyl/N-ethyl adjacent to an activating group) is 1. The van der Waals surface area contributed by atoms with E-state index >= 15 is 0 Å². The molecule has 1 aliphatic heterocycles. The summed E-state index contributed by atoms with van der Waals surface area (Å²) in [7, 11) is -3.04. The second-order valence-electron chi connectivity index (χ2n) is 6.54. The predicted octanol–water partition coefficient (Wildman–Crippen LogP) is 3.42. The van der Waals surface area contributed by atoms with Gasteiger partial charge in [0.1, 0.15) is 5.75 Å². The first-order valence-electron chi connectivity index (χ1n) is 8.87. The Bertz CT molecular complexity index is 915. The number of halogens is 1. The van der Waals surface area contributed by atoms with E-state index in [1.54, 1.807) is 17.0 Å². The molecule has 1 heterocycles. The molecule has 0 aromatic heterocycles. The van der Waals surface area contributed by atoms with Gasteiger partial charge < -0.3 is 9.64 Å². The minimum absolute atomic E-state index is 0.0269. The minimum Gasteiger partial charge on any atom is -0.482 e. The van der Waals surface area contributed by atoms with E-state index < -0.39 is 9.84 Å². The number of nitrogens with zero attached hydrogens (tertiary/aromatic N) is 1. The van der Waals surface area contributed by atoms with E-state index in [1.807, 2.05) is 43.3 Å². The highest BCUT2D eigenvalue weighted by Gasteiger charge is 2.34. The number of rotatable bonds is 6. The van der Waals surface area contributed by atoms with Crippen LogP contribution in [0.1, 0.15) is 13.3 Å². The number of amides is 1. The van der Waals surface area contributed by atoms with Gasteiger partial charge in [0.25, 0.3) is 5.91 Å². The molecule has 1 aliphatic rings. The molecule has 7 heteroatoms. The molecule has 0 unspecified atom stereocenters. The van der Waals surface area contributed by atoms with E-state index in [1.165, 1.54) is 0 Å². The Hall–Kier alpha value is -2.05. The highest BCUT2D eigenvalue weighted by Crippen LogP contribution is 2.30. The minimum atomic E-state index is -3.04. The fraction of sp³-hybridized carbons (Fsp3) is 0.350. The summed E-state index contributed by atoms with van der Waals surface area (Å²) in [4.78, 5) is 14.1. The Morgan fingerprint density at radius 2 is 1.93 bits per heavy atom. The van der Waals surface area contributed by atoms with Crippen molar-refractivity contribution in [3.05, 3.63) is 53.6 Å². The number of hydrogen-bond acceptors (Lipinski definition) is 4. The molecule has 144 valence electrons. The van der Waals surface area contributed by atoms with Crippen molar-refractivity contribution in [2.45, 2.75) is 19.4 Å². The van der Waals surface area contributed by atoms with E-state index in [0.29, 0.717) is 23.7 Å². The molecule has 2 aromatic carbocycles. The molecule has 1 saturated heterocycles. The second kappa shape index (κ2) is 8.31. The molecule has 0 saturated carbocycles. The number of benzene rings is 2. The summed E-state index contributed by atoms with van der Waals surface area (Å²) in [6.07, 6.45) is 0.481. The summed E-state index contributed by atoms with van der Waals surface area (Å²) in [5, 5.41) is 0.427. The van der Waals surface area contributed by atoms with Crippen LogP contribution in [0, 0.1) is 0 Å². The number of sulfone groups is 1. The van der Waals surface area contributed by atoms with Crippen molar-refractivity contribution in [3.8, 4) is 16.9 Å². The summed E-state index contributed by atoms with van der Waals surface area (Å²) in [6, 6.07) is 15.0. The van der Waals surface area contributed by atoms with Crippen LogP contribution >= 0.6 is 11.6 Å². The number of ether oxygens (including phenoxy) is 1. The zero-order valence-electron chi connectivity index (χ0n) is 15.1. The largest absolute Gasteiger partial charge is 0.482 e. The molecule has 0 bridgehead atoms. The Morgan fingerprint density at radius 1 is 1.19 bits per heavy atom. The maximum atomic E-state index is 12.5. The summed E-state index contributed by atoms with van der Waals surface area (Å²) in [5.74, 6) is 0.358. The monoisotopic (exact) mass is 407 g/mol. The van der Waals surface area contributed by atoms with E-state index in [0.717, 1.165) is 11.1 Å². The summed E-state index contributed by atoms with van der Waals surface area (Å²) in [5.41, 5.74) is 2.01. The molecule has 3 rings (SSSR count). The molecule has 0 radical (unpaired) electrons. The van der Waals surface area contributed by atoms with Gasteiger partial charge in [-0.25, -0.2) is 8.42 Å². The first-order valence-corrected chi connectivity index (χ1v) is 11.1. The van der Waals surface area contributed by atoms with Crippen molar-refractivity contribution in [3.63, 3.8) is 0 Å². The quantitative estimate of drug-likeness (QED) is 0.736. The van der Waals surface area contributed by atoms with Crippen LogP contribution in [0.25, 0.3) is 11.1 Å². The molecule has 27 heavy (non-hydrogen) atoms. The van der Waals surface area contributed by atoms with Gasteiger partial charge in [-0.2, -0.15) is 0 Å². The van der Waals surface area contributed by atoms with Gasteiger partial charge in [0.05, 0.1) is 16.5 Å². The zero-order chi connectivity index (χ0) is 19.4. The summed E-state index contributed by atoms with van der Waals surface area (Å²) in [6.45, 7) is 2.11. The standard InChI is InChI=1S/C20H22ClNO4S/c1-2-22(17-10-11-27(24,25)14-17)20(23)13-26-19-9-8-16(12-18(19)21)15-6-4-3-5-7-15/h3-9,12,17H,2,10-11,13-14H2,1H3/t17-/m1/s1. The SMILES string of the molecule is CCN(C(=O)COc1ccc(-c2ccccc2)cc1Cl)[C@@H]1CCS(=O)(=O)C1. The Balaban J connectivity index is 1.64. The molecule has 1 amide bonds. The molecule has 0 aliphatic carbocycles. The van der Waals surface area contributed by atoms with Crippen molar-refractivity contribution in [2.75, 3.05) is 24.7 Å². The van der Waals surface area contributed by atoms with Gasteiger partial charge in [0.2, 0.25) is 0 Å². The topological polar surface area (TPSA) is 63.7 Å². The van der Waals surface area contributed by atoms with Crippen LogP contribution in [0.4, 0.5) is 0 Å². The molecule has 1 atom stereocenters. The van der Waals surface area contributed by atoms with Gasteiger partial charge in [-0.1, -0.05) is 48.0 Å². The molecule has 0 spiro atoms. The van der Waals surface area contributed by atoms with Crippen LogP contribution in [0.2, 0.25) is 5.02 Å². The number of hydrogen-bond donors (Lipinski definition) is 0. The van der Waals surface area contributed by atoms with Gasteiger partial charge in [0.15, 0.2) is 16.4 Å². The smallest absolute Gasteiger partial charge is 0.260 e. The van der Waals surface area contributed by atoms with Crippen LogP contribution in [-0.4, -0.2) is 49.9 Å². The van der Waals surface area contributed by atoms with E-state index in [-0.39, 0.29) is 30.1 Å². The van der Waals surface area contributed by atoms with Crippen molar-refractivity contribution in [1.29, 1.82) is 0 Å². The Labute approximate surface area is 164 Å². The molecule has 5 nitrogen and oxygen atoms in total. The van der Waals surface area contributed by atoms with Crippen molar-refractivity contribution in [1.82, 2.24) is 4.90 Å². The third-order valence-corrected chi connectivity index (χ3v) is 6.75. The maximum absolute atomic E-state index is 12.5. The van der Waals surface area contributed by atoms with Crippen LogP contribution in [0.15, 0.2) is 48.5 Å². The molecular weight excluding hydrogens is 386 g/mol. The zero-order valence-corrected chi connectivity index (χ0v) is 16.7. The van der Waals surface area contributed by atoms with Crippen LogP contribution in [-0.2, 0) is 14.6 Å². The fourth-order valence-electron chi connectivity index (χ4n) is 3.31. The van der Waals surface area contributed by atoms with Gasteiger partial charge >= 0.3 is 0 Å². The Morgan fingerprint density at radius 3 is 2.52 bits per heavy atom. The third-order valence-electron chi connectivity index (χ3n) is 4.70. The highest BCUT2D eigenvalue weighted by molar-refractivity contribution is 7.91. The maximum Gasteiger partial charge on any atom is 0.260 e. The van der Waals surface area contributed by atoms with Gasteiger partial charge in [-0.15, -0.1) is 0 Å². The lowest BCUT2D eigenvalue weighted by molar-refractivity contribution is -0.135. The second-order valence-corrected chi connectivity index (χ2v) is 9.17. The normalized spacial score (nSPS) is 18.2. The van der Waals surface area contributed by atoms with E-state index in [4.69, 9.17) is 16.3 Å². The average Bonchev–Trinajstić information content (AvgIpc) is 3.01. The summed E-state index contributed by atoms with van der Waals surface area (Å²) < 4.78 is 29.0. The lowest BCUT2D eigenvalue weighted by atomic mass is 10.1. The molecular formula is C20H22ClNO4S. The Kier molecular flexibility index (Phi) is 6.07. The van der Waals surface area contributed by atoms with Crippen LogP contribution in [0.3, 0.4) is 0 Å². The van der Waals surface area contributed by atoms with Crippen LogP contribution in [0.5, 0.6) is 5.75 Å². The summed E-state index contributed by atoms with van der Waals surface area (Å²) >= 11 is 6.31. The van der Waals surface area contributed by atoms with E-state index in [9.17, 15) is 13.2 Å². The van der Waals surface area contributed by atoms with Crippen molar-refractivity contribution < 1.29 is 17.9 Å². The van der Waals surface area contributed by atoms with Crippen molar-refractivity contribution in [2.24, 2.45) is 0 Å². The molecule has 1 fully saturated rings. The third kappa shape index (κ3) is 4.82. The highest BCUT2D eigenvalue weighted by atomic mass is 35.5. The van der Waals surface area contributed by atoms with E-state index in [2.05, 4.69) is 0 Å². The average molecular weight is 408 g/mol. The fourth-order valence-corrected chi connectivity index (χ4v) is 5.28. The number of carbonyl (C=O) groups is 1. The lowest BCUT2D eigenvalue weighted by Crippen LogP contribution is -2.43.